The molecule has 3 aliphatic rings. The SMILES string of the molecule is Cc1nc2c([nH]1)CN(C)C1=NC3(CCC(=O)CC3)CN12. The molecule has 1 saturated carbocycles. The predicted octanol–water partition coefficient (Wildman–Crippen LogP) is 1.22. The van der Waals surface area contributed by atoms with Crippen molar-refractivity contribution in [3.8, 4) is 0 Å². The van der Waals surface area contributed by atoms with Crippen LogP contribution >= 0.6 is 0 Å². The fourth-order valence-corrected chi connectivity index (χ4v) is 3.57. The minimum Gasteiger partial charge on any atom is -0.343 e. The third-order valence-corrected chi connectivity index (χ3v) is 4.64. The maximum Gasteiger partial charge on any atom is 0.203 e. The van der Waals surface area contributed by atoms with Crippen molar-refractivity contribution < 1.29 is 4.79 Å². The highest BCUT2D eigenvalue weighted by Crippen LogP contribution is 2.39. The zero-order chi connectivity index (χ0) is 13.9. The Morgan fingerprint density at radius 3 is 2.80 bits per heavy atom. The number of hydrogen-bond acceptors (Lipinski definition) is 5. The Morgan fingerprint density at radius 2 is 2.05 bits per heavy atom. The summed E-state index contributed by atoms with van der Waals surface area (Å²) in [7, 11) is 2.07. The van der Waals surface area contributed by atoms with E-state index in [2.05, 4.69) is 26.8 Å². The van der Waals surface area contributed by atoms with E-state index in [0.717, 1.165) is 49.2 Å². The summed E-state index contributed by atoms with van der Waals surface area (Å²) in [5, 5.41) is 0. The maximum absolute atomic E-state index is 11.5. The minimum atomic E-state index is -0.0774. The summed E-state index contributed by atoms with van der Waals surface area (Å²) in [5.74, 6) is 3.36. The monoisotopic (exact) mass is 273 g/mol. The molecule has 1 aromatic rings. The van der Waals surface area contributed by atoms with Crippen LogP contribution in [0.3, 0.4) is 0 Å². The molecule has 20 heavy (non-hydrogen) atoms. The van der Waals surface area contributed by atoms with Crippen molar-refractivity contribution in [1.29, 1.82) is 0 Å². The number of aromatic nitrogens is 2. The molecular weight excluding hydrogens is 254 g/mol. The van der Waals surface area contributed by atoms with Gasteiger partial charge in [0.05, 0.1) is 24.3 Å². The highest BCUT2D eigenvalue weighted by atomic mass is 16.1. The fraction of sp³-hybridized carbons (Fsp3) is 0.643. The van der Waals surface area contributed by atoms with Crippen molar-refractivity contribution in [2.24, 2.45) is 4.99 Å². The van der Waals surface area contributed by atoms with Crippen LogP contribution in [0.2, 0.25) is 0 Å². The summed E-state index contributed by atoms with van der Waals surface area (Å²) in [6.07, 6.45) is 3.08. The third-order valence-electron chi connectivity index (χ3n) is 4.64. The van der Waals surface area contributed by atoms with Gasteiger partial charge in [0.15, 0.2) is 5.82 Å². The van der Waals surface area contributed by atoms with Crippen molar-refractivity contribution in [1.82, 2.24) is 14.9 Å². The largest absolute Gasteiger partial charge is 0.343 e. The maximum atomic E-state index is 11.5. The zero-order valence-electron chi connectivity index (χ0n) is 11.9. The van der Waals surface area contributed by atoms with Gasteiger partial charge in [-0.05, 0) is 19.8 Å². The number of aryl methyl sites for hydroxylation is 1. The van der Waals surface area contributed by atoms with Crippen LogP contribution < -0.4 is 4.90 Å². The van der Waals surface area contributed by atoms with Gasteiger partial charge in [-0.25, -0.2) is 9.98 Å². The van der Waals surface area contributed by atoms with Gasteiger partial charge < -0.3 is 9.88 Å². The number of aromatic amines is 1. The van der Waals surface area contributed by atoms with E-state index in [9.17, 15) is 4.79 Å². The quantitative estimate of drug-likeness (QED) is 0.772. The number of nitrogens with zero attached hydrogens (tertiary/aromatic N) is 4. The van der Waals surface area contributed by atoms with Crippen LogP contribution in [0.15, 0.2) is 4.99 Å². The van der Waals surface area contributed by atoms with Crippen LogP contribution in [-0.2, 0) is 11.3 Å². The topological polar surface area (TPSA) is 64.6 Å². The first-order chi connectivity index (χ1) is 9.56. The number of carbonyl (C=O) groups excluding carboxylic acids is 1. The van der Waals surface area contributed by atoms with Crippen LogP contribution in [0.1, 0.15) is 37.2 Å². The number of ketones is 1. The molecule has 1 aliphatic carbocycles. The Balaban J connectivity index is 1.72. The van der Waals surface area contributed by atoms with Gasteiger partial charge in [0.25, 0.3) is 0 Å². The highest BCUT2D eigenvalue weighted by Gasteiger charge is 2.46. The Bertz CT molecular complexity index is 607. The molecule has 0 aromatic carbocycles. The van der Waals surface area contributed by atoms with Crippen molar-refractivity contribution in [3.63, 3.8) is 0 Å². The van der Waals surface area contributed by atoms with Gasteiger partial charge >= 0.3 is 0 Å². The number of imidazole rings is 1. The minimum absolute atomic E-state index is 0.0774. The number of nitrogens with one attached hydrogen (secondary N) is 1. The number of guanidine groups is 1. The van der Waals surface area contributed by atoms with Gasteiger partial charge in [0.2, 0.25) is 5.96 Å². The van der Waals surface area contributed by atoms with Gasteiger partial charge in [0, 0.05) is 19.9 Å². The standard InChI is InChI=1S/C14H19N5O/c1-9-15-11-7-18(2)13-17-14(5-3-10(20)4-6-14)8-19(13)12(11)16-9/h3-8H2,1-2H3,(H,15,16). The predicted molar refractivity (Wildman–Crippen MR) is 75.8 cm³/mol. The van der Waals surface area contributed by atoms with E-state index in [0.29, 0.717) is 18.6 Å². The average molecular weight is 273 g/mol. The smallest absolute Gasteiger partial charge is 0.203 e. The first-order valence-electron chi connectivity index (χ1n) is 7.22. The lowest BCUT2D eigenvalue weighted by Gasteiger charge is -2.33. The number of anilines is 1. The molecule has 1 aromatic heterocycles. The van der Waals surface area contributed by atoms with Gasteiger partial charge in [-0.1, -0.05) is 0 Å². The fourth-order valence-electron chi connectivity index (χ4n) is 3.57. The van der Waals surface area contributed by atoms with Crippen molar-refractivity contribution in [2.75, 3.05) is 18.5 Å². The molecule has 3 heterocycles. The van der Waals surface area contributed by atoms with E-state index in [-0.39, 0.29) is 5.54 Å². The number of H-pyrrole nitrogens is 1. The summed E-state index contributed by atoms with van der Waals surface area (Å²) in [6, 6.07) is 0. The van der Waals surface area contributed by atoms with Gasteiger partial charge in [-0.2, -0.15) is 0 Å². The highest BCUT2D eigenvalue weighted by molar-refractivity contribution is 5.99. The summed E-state index contributed by atoms with van der Waals surface area (Å²) in [4.78, 5) is 28.8. The van der Waals surface area contributed by atoms with Crippen LogP contribution in [0.5, 0.6) is 0 Å². The van der Waals surface area contributed by atoms with E-state index < -0.39 is 0 Å². The Morgan fingerprint density at radius 1 is 1.30 bits per heavy atom. The molecule has 0 unspecified atom stereocenters. The lowest BCUT2D eigenvalue weighted by atomic mass is 9.82. The van der Waals surface area contributed by atoms with E-state index >= 15 is 0 Å². The lowest BCUT2D eigenvalue weighted by Crippen LogP contribution is -2.45. The summed E-state index contributed by atoms with van der Waals surface area (Å²) in [6.45, 7) is 3.66. The molecule has 1 fully saturated rings. The Hall–Kier alpha value is -1.85. The molecular formula is C14H19N5O. The average Bonchev–Trinajstić information content (AvgIpc) is 2.95. The number of carbonyl (C=O) groups is 1. The number of rotatable bonds is 0. The second kappa shape index (κ2) is 3.84. The number of fused-ring (bicyclic) bond motifs is 3. The normalized spacial score (nSPS) is 23.9. The second-order valence-electron chi connectivity index (χ2n) is 6.24. The second-order valence-corrected chi connectivity index (χ2v) is 6.24. The van der Waals surface area contributed by atoms with Crippen molar-refractivity contribution >= 4 is 17.6 Å². The van der Waals surface area contributed by atoms with Crippen LogP contribution in [-0.4, -0.2) is 45.7 Å². The molecule has 4 rings (SSSR count). The van der Waals surface area contributed by atoms with Crippen LogP contribution in [0.25, 0.3) is 0 Å². The van der Waals surface area contributed by atoms with E-state index in [1.54, 1.807) is 0 Å². The first-order valence-corrected chi connectivity index (χ1v) is 7.22. The van der Waals surface area contributed by atoms with Crippen LogP contribution in [0.4, 0.5) is 5.82 Å². The van der Waals surface area contributed by atoms with E-state index in [1.807, 2.05) is 6.92 Å². The van der Waals surface area contributed by atoms with E-state index in [1.165, 1.54) is 0 Å². The third kappa shape index (κ3) is 1.60. The van der Waals surface area contributed by atoms with Crippen molar-refractivity contribution in [3.05, 3.63) is 11.5 Å². The summed E-state index contributed by atoms with van der Waals surface area (Å²) >= 11 is 0. The number of aliphatic imine (C=N–C) groups is 1. The first kappa shape index (κ1) is 11.9. The van der Waals surface area contributed by atoms with Gasteiger partial charge in [-0.3, -0.25) is 9.69 Å². The van der Waals surface area contributed by atoms with Crippen LogP contribution in [0, 0.1) is 6.92 Å². The number of Topliss-reactive ketones (excluding diaryl/α,β-unsaturated/α-hetero) is 1. The molecule has 1 N–H and O–H groups in total. The molecule has 6 nitrogen and oxygen atoms in total. The van der Waals surface area contributed by atoms with Crippen molar-refractivity contribution in [2.45, 2.75) is 44.7 Å². The molecule has 106 valence electrons. The lowest BCUT2D eigenvalue weighted by molar-refractivity contribution is -0.121. The molecule has 0 saturated heterocycles. The van der Waals surface area contributed by atoms with Gasteiger partial charge in [0.1, 0.15) is 11.6 Å². The van der Waals surface area contributed by atoms with E-state index in [4.69, 9.17) is 4.99 Å². The summed E-state index contributed by atoms with van der Waals surface area (Å²) in [5.41, 5.74) is 1.08. The molecule has 0 bridgehead atoms. The molecule has 6 heteroatoms. The molecule has 2 aliphatic heterocycles. The van der Waals surface area contributed by atoms with Gasteiger partial charge in [-0.15, -0.1) is 0 Å². The molecule has 0 atom stereocenters. The molecule has 1 spiro atoms. The molecule has 0 radical (unpaired) electrons. The number of hydrogen-bond donors (Lipinski definition) is 1. The zero-order valence-corrected chi connectivity index (χ0v) is 11.9. The Labute approximate surface area is 117 Å². The summed E-state index contributed by atoms with van der Waals surface area (Å²) < 4.78 is 0. The molecule has 0 amide bonds. The Kier molecular flexibility index (Phi) is 2.29.